The van der Waals surface area contributed by atoms with Gasteiger partial charge in [-0.1, -0.05) is 54.1 Å². The zero-order valence-corrected chi connectivity index (χ0v) is 19.1. The fourth-order valence-electron chi connectivity index (χ4n) is 3.76. The Bertz CT molecular complexity index is 1300. The molecule has 3 aromatic carbocycles. The molecule has 0 radical (unpaired) electrons. The summed E-state index contributed by atoms with van der Waals surface area (Å²) in [6, 6.07) is 22.4. The number of rotatable bonds is 8. The third-order valence-electron chi connectivity index (χ3n) is 5.44. The molecular weight excluding hydrogens is 436 g/mol. The largest absolute Gasteiger partial charge is 0.352 e. The SMILES string of the molecule is Cc1ccccc1C(=O)NCCCc1nc2ccccc2n1CC(=O)Nc1ccccc1Cl. The van der Waals surface area contributed by atoms with Crippen LogP contribution < -0.4 is 10.6 Å². The lowest BCUT2D eigenvalue weighted by molar-refractivity contribution is -0.116. The van der Waals surface area contributed by atoms with Gasteiger partial charge in [0.2, 0.25) is 5.91 Å². The molecule has 2 N–H and O–H groups in total. The van der Waals surface area contributed by atoms with Crippen LogP contribution in [0.25, 0.3) is 11.0 Å². The second-order valence-electron chi connectivity index (χ2n) is 7.81. The summed E-state index contributed by atoms with van der Waals surface area (Å²) in [6.45, 7) is 2.56. The Morgan fingerprint density at radius 3 is 2.52 bits per heavy atom. The standard InChI is InChI=1S/C26H25ClN4O2/c1-18-9-2-3-10-19(18)26(33)28-16-8-15-24-29-22-13-6-7-14-23(22)31(24)17-25(32)30-21-12-5-4-11-20(21)27/h2-7,9-14H,8,15-17H2,1H3,(H,28,33)(H,30,32). The van der Waals surface area contributed by atoms with Gasteiger partial charge in [0.25, 0.3) is 5.91 Å². The van der Waals surface area contributed by atoms with Gasteiger partial charge in [-0.25, -0.2) is 4.98 Å². The summed E-state index contributed by atoms with van der Waals surface area (Å²) in [5.74, 6) is 0.539. The van der Waals surface area contributed by atoms with E-state index >= 15 is 0 Å². The first-order valence-corrected chi connectivity index (χ1v) is 11.2. The van der Waals surface area contributed by atoms with Gasteiger partial charge in [0, 0.05) is 18.5 Å². The van der Waals surface area contributed by atoms with Crippen LogP contribution in [0.15, 0.2) is 72.8 Å². The molecule has 1 aromatic heterocycles. The summed E-state index contributed by atoms with van der Waals surface area (Å²) in [4.78, 5) is 29.9. The highest BCUT2D eigenvalue weighted by atomic mass is 35.5. The minimum absolute atomic E-state index is 0.0827. The third-order valence-corrected chi connectivity index (χ3v) is 5.77. The molecule has 0 saturated heterocycles. The molecule has 0 spiro atoms. The van der Waals surface area contributed by atoms with Gasteiger partial charge in [-0.3, -0.25) is 9.59 Å². The molecule has 0 fully saturated rings. The fraction of sp³-hybridized carbons (Fsp3) is 0.192. The number of nitrogens with one attached hydrogen (secondary N) is 2. The summed E-state index contributed by atoms with van der Waals surface area (Å²) in [5, 5.41) is 6.33. The average Bonchev–Trinajstić information content (AvgIpc) is 3.15. The lowest BCUT2D eigenvalue weighted by Gasteiger charge is -2.11. The van der Waals surface area contributed by atoms with Crippen LogP contribution >= 0.6 is 11.6 Å². The van der Waals surface area contributed by atoms with Crippen molar-refractivity contribution in [2.45, 2.75) is 26.3 Å². The molecule has 4 aromatic rings. The maximum absolute atomic E-state index is 12.8. The number of nitrogens with zero attached hydrogens (tertiary/aromatic N) is 2. The van der Waals surface area contributed by atoms with E-state index in [9.17, 15) is 9.59 Å². The van der Waals surface area contributed by atoms with Crippen molar-refractivity contribution in [1.82, 2.24) is 14.9 Å². The average molecular weight is 461 g/mol. The van der Waals surface area contributed by atoms with E-state index in [0.717, 1.165) is 22.4 Å². The van der Waals surface area contributed by atoms with Crippen LogP contribution in [0.5, 0.6) is 0 Å². The zero-order chi connectivity index (χ0) is 23.2. The minimum Gasteiger partial charge on any atom is -0.352 e. The van der Waals surface area contributed by atoms with Crippen molar-refractivity contribution in [3.8, 4) is 0 Å². The molecular formula is C26H25ClN4O2. The van der Waals surface area contributed by atoms with Crippen molar-refractivity contribution >= 4 is 40.1 Å². The van der Waals surface area contributed by atoms with E-state index in [1.807, 2.05) is 72.2 Å². The predicted molar refractivity (Wildman–Crippen MR) is 132 cm³/mol. The van der Waals surface area contributed by atoms with E-state index in [-0.39, 0.29) is 18.4 Å². The Kier molecular flexibility index (Phi) is 7.05. The number of aryl methyl sites for hydroxylation is 2. The van der Waals surface area contributed by atoms with Gasteiger partial charge in [-0.15, -0.1) is 0 Å². The normalized spacial score (nSPS) is 10.8. The van der Waals surface area contributed by atoms with Gasteiger partial charge in [0.15, 0.2) is 0 Å². The number of hydrogen-bond acceptors (Lipinski definition) is 3. The Morgan fingerprint density at radius 2 is 1.70 bits per heavy atom. The van der Waals surface area contributed by atoms with Gasteiger partial charge < -0.3 is 15.2 Å². The number of fused-ring (bicyclic) bond motifs is 1. The maximum Gasteiger partial charge on any atom is 0.251 e. The van der Waals surface area contributed by atoms with Crippen molar-refractivity contribution < 1.29 is 9.59 Å². The summed E-state index contributed by atoms with van der Waals surface area (Å²) < 4.78 is 1.92. The molecule has 7 heteroatoms. The number of imidazole rings is 1. The van der Waals surface area contributed by atoms with Gasteiger partial charge in [0.1, 0.15) is 12.4 Å². The van der Waals surface area contributed by atoms with Gasteiger partial charge >= 0.3 is 0 Å². The Morgan fingerprint density at radius 1 is 0.970 bits per heavy atom. The second kappa shape index (κ2) is 10.3. The molecule has 0 saturated carbocycles. The van der Waals surface area contributed by atoms with E-state index in [0.29, 0.717) is 35.7 Å². The van der Waals surface area contributed by atoms with Crippen molar-refractivity contribution in [2.24, 2.45) is 0 Å². The van der Waals surface area contributed by atoms with Crippen molar-refractivity contribution in [2.75, 3.05) is 11.9 Å². The zero-order valence-electron chi connectivity index (χ0n) is 18.3. The summed E-state index contributed by atoms with van der Waals surface area (Å²) in [6.07, 6.45) is 1.33. The molecule has 0 atom stereocenters. The molecule has 0 bridgehead atoms. The quantitative estimate of drug-likeness (QED) is 0.363. The molecule has 6 nitrogen and oxygen atoms in total. The van der Waals surface area contributed by atoms with E-state index in [2.05, 4.69) is 10.6 Å². The number of halogens is 1. The smallest absolute Gasteiger partial charge is 0.251 e. The third kappa shape index (κ3) is 5.41. The highest BCUT2D eigenvalue weighted by Crippen LogP contribution is 2.21. The number of aromatic nitrogens is 2. The molecule has 0 aliphatic heterocycles. The summed E-state index contributed by atoms with van der Waals surface area (Å²) >= 11 is 6.17. The molecule has 0 aliphatic rings. The molecule has 33 heavy (non-hydrogen) atoms. The Balaban J connectivity index is 1.43. The van der Waals surface area contributed by atoms with Crippen LogP contribution in [0, 0.1) is 6.92 Å². The van der Waals surface area contributed by atoms with Crippen molar-refractivity contribution in [3.63, 3.8) is 0 Å². The fourth-order valence-corrected chi connectivity index (χ4v) is 3.94. The van der Waals surface area contributed by atoms with E-state index in [1.165, 1.54) is 0 Å². The molecule has 2 amide bonds. The minimum atomic E-state index is -0.180. The highest BCUT2D eigenvalue weighted by molar-refractivity contribution is 6.33. The van der Waals surface area contributed by atoms with Crippen molar-refractivity contribution in [1.29, 1.82) is 0 Å². The number of carbonyl (C=O) groups is 2. The van der Waals surface area contributed by atoms with Crippen LogP contribution in [0.1, 0.15) is 28.2 Å². The lowest BCUT2D eigenvalue weighted by Crippen LogP contribution is -2.26. The monoisotopic (exact) mass is 460 g/mol. The van der Waals surface area contributed by atoms with Crippen LogP contribution in [0.4, 0.5) is 5.69 Å². The summed E-state index contributed by atoms with van der Waals surface area (Å²) in [7, 11) is 0. The van der Waals surface area contributed by atoms with Gasteiger partial charge in [0.05, 0.1) is 21.7 Å². The highest BCUT2D eigenvalue weighted by Gasteiger charge is 2.15. The first-order chi connectivity index (χ1) is 16.0. The number of para-hydroxylation sites is 3. The van der Waals surface area contributed by atoms with Crippen LogP contribution in [-0.4, -0.2) is 27.9 Å². The number of carbonyl (C=O) groups excluding carboxylic acids is 2. The van der Waals surface area contributed by atoms with Crippen LogP contribution in [0.3, 0.4) is 0 Å². The Hall–Kier alpha value is -3.64. The van der Waals surface area contributed by atoms with Crippen molar-refractivity contribution in [3.05, 3.63) is 94.8 Å². The number of hydrogen-bond donors (Lipinski definition) is 2. The number of amides is 2. The Labute approximate surface area is 197 Å². The van der Waals surface area contributed by atoms with Crippen LogP contribution in [-0.2, 0) is 17.8 Å². The number of benzene rings is 3. The first-order valence-electron chi connectivity index (χ1n) is 10.9. The maximum atomic E-state index is 12.8. The van der Waals surface area contributed by atoms with Gasteiger partial charge in [-0.05, 0) is 49.2 Å². The van der Waals surface area contributed by atoms with Crippen LogP contribution in [0.2, 0.25) is 5.02 Å². The summed E-state index contributed by atoms with van der Waals surface area (Å²) in [5.41, 5.74) is 3.93. The molecule has 168 valence electrons. The van der Waals surface area contributed by atoms with E-state index < -0.39 is 0 Å². The van der Waals surface area contributed by atoms with E-state index in [4.69, 9.17) is 16.6 Å². The van der Waals surface area contributed by atoms with Gasteiger partial charge in [-0.2, -0.15) is 0 Å². The molecule has 4 rings (SSSR count). The second-order valence-corrected chi connectivity index (χ2v) is 8.21. The molecule has 0 unspecified atom stereocenters. The molecule has 1 heterocycles. The predicted octanol–water partition coefficient (Wildman–Crippen LogP) is 5.00. The topological polar surface area (TPSA) is 76.0 Å². The number of anilines is 1. The molecule has 0 aliphatic carbocycles. The first kappa shape index (κ1) is 22.6. The lowest BCUT2D eigenvalue weighted by atomic mass is 10.1. The van der Waals surface area contributed by atoms with E-state index in [1.54, 1.807) is 12.1 Å².